The van der Waals surface area contributed by atoms with Gasteiger partial charge in [-0.05, 0) is 63.9 Å². The highest BCUT2D eigenvalue weighted by Crippen LogP contribution is 2.28. The fourth-order valence-electron chi connectivity index (χ4n) is 4.26. The van der Waals surface area contributed by atoms with Gasteiger partial charge in [-0.25, -0.2) is 4.39 Å². The molecule has 2 aromatic heterocycles. The van der Waals surface area contributed by atoms with Gasteiger partial charge in [0.15, 0.2) is 0 Å². The molecule has 3 heterocycles. The standard InChI is InChI=1S/C22H24FN3O/c1-14-12-20(19-7-6-17(23)13-21(19)24-14)22(27)25-10-8-18(9-11-25)26-15(2)4-5-16(26)3/h4-7,12-13,18H,8-11H2,1-3H3. The summed E-state index contributed by atoms with van der Waals surface area (Å²) in [6.07, 6.45) is 1.89. The van der Waals surface area contributed by atoms with Crippen molar-refractivity contribution in [2.24, 2.45) is 0 Å². The minimum atomic E-state index is -0.336. The molecule has 0 N–H and O–H groups in total. The van der Waals surface area contributed by atoms with Crippen molar-refractivity contribution < 1.29 is 9.18 Å². The molecule has 4 nitrogen and oxygen atoms in total. The number of likely N-dealkylation sites (tertiary alicyclic amines) is 1. The third kappa shape index (κ3) is 3.22. The maximum absolute atomic E-state index is 13.6. The molecule has 0 aliphatic carbocycles. The third-order valence-corrected chi connectivity index (χ3v) is 5.57. The van der Waals surface area contributed by atoms with E-state index in [1.54, 1.807) is 6.07 Å². The lowest BCUT2D eigenvalue weighted by molar-refractivity contribution is 0.0695. The first-order chi connectivity index (χ1) is 12.9. The number of fused-ring (bicyclic) bond motifs is 1. The number of hydrogen-bond acceptors (Lipinski definition) is 2. The number of pyridine rings is 1. The van der Waals surface area contributed by atoms with Crippen LogP contribution in [0.3, 0.4) is 0 Å². The number of rotatable bonds is 2. The molecule has 0 atom stereocenters. The molecule has 27 heavy (non-hydrogen) atoms. The van der Waals surface area contributed by atoms with Gasteiger partial charge in [-0.1, -0.05) is 0 Å². The molecule has 1 aliphatic heterocycles. The molecule has 5 heteroatoms. The minimum absolute atomic E-state index is 0.0107. The highest BCUT2D eigenvalue weighted by atomic mass is 19.1. The molecular weight excluding hydrogens is 341 g/mol. The summed E-state index contributed by atoms with van der Waals surface area (Å²) in [5.74, 6) is -0.325. The number of nitrogens with zero attached hydrogens (tertiary/aromatic N) is 3. The zero-order valence-corrected chi connectivity index (χ0v) is 16.0. The summed E-state index contributed by atoms with van der Waals surface area (Å²) in [6, 6.07) is 11.0. The second-order valence-electron chi connectivity index (χ2n) is 7.48. The normalized spacial score (nSPS) is 15.5. The summed E-state index contributed by atoms with van der Waals surface area (Å²) in [5.41, 5.74) is 4.42. The maximum atomic E-state index is 13.6. The number of aryl methyl sites for hydroxylation is 3. The van der Waals surface area contributed by atoms with Crippen LogP contribution in [0.2, 0.25) is 0 Å². The molecule has 0 spiro atoms. The van der Waals surface area contributed by atoms with Gasteiger partial charge in [0.05, 0.1) is 11.1 Å². The molecular formula is C22H24FN3O. The van der Waals surface area contributed by atoms with Gasteiger partial charge in [-0.3, -0.25) is 9.78 Å². The summed E-state index contributed by atoms with van der Waals surface area (Å²) in [6.45, 7) is 7.56. The van der Waals surface area contributed by atoms with E-state index in [0.29, 0.717) is 22.5 Å². The molecule has 0 radical (unpaired) electrons. The van der Waals surface area contributed by atoms with Crippen molar-refractivity contribution in [3.8, 4) is 0 Å². The number of hydrogen-bond donors (Lipinski definition) is 0. The Kier molecular flexibility index (Phi) is 4.46. The summed E-state index contributed by atoms with van der Waals surface area (Å²) < 4.78 is 15.9. The van der Waals surface area contributed by atoms with Crippen LogP contribution in [0.1, 0.15) is 46.3 Å². The van der Waals surface area contributed by atoms with E-state index in [9.17, 15) is 9.18 Å². The van der Waals surface area contributed by atoms with Crippen molar-refractivity contribution in [2.75, 3.05) is 13.1 Å². The highest BCUT2D eigenvalue weighted by Gasteiger charge is 2.26. The number of halogens is 1. The van der Waals surface area contributed by atoms with E-state index in [-0.39, 0.29) is 11.7 Å². The van der Waals surface area contributed by atoms with E-state index in [1.165, 1.54) is 23.5 Å². The molecule has 1 aliphatic rings. The van der Waals surface area contributed by atoms with Gasteiger partial charge in [0.1, 0.15) is 5.82 Å². The van der Waals surface area contributed by atoms with Gasteiger partial charge < -0.3 is 9.47 Å². The van der Waals surface area contributed by atoms with Gasteiger partial charge >= 0.3 is 0 Å². The van der Waals surface area contributed by atoms with Crippen LogP contribution in [-0.2, 0) is 0 Å². The third-order valence-electron chi connectivity index (χ3n) is 5.57. The monoisotopic (exact) mass is 365 g/mol. The first kappa shape index (κ1) is 17.7. The van der Waals surface area contributed by atoms with E-state index in [2.05, 4.69) is 35.5 Å². The summed E-state index contributed by atoms with van der Waals surface area (Å²) in [5, 5.41) is 0.714. The Labute approximate surface area is 158 Å². The first-order valence-corrected chi connectivity index (χ1v) is 9.44. The van der Waals surface area contributed by atoms with Crippen LogP contribution in [0, 0.1) is 26.6 Å². The number of aromatic nitrogens is 2. The van der Waals surface area contributed by atoms with E-state index >= 15 is 0 Å². The number of carbonyl (C=O) groups excluding carboxylic acids is 1. The largest absolute Gasteiger partial charge is 0.346 e. The van der Waals surface area contributed by atoms with Crippen molar-refractivity contribution in [3.63, 3.8) is 0 Å². The van der Waals surface area contributed by atoms with Crippen molar-refractivity contribution >= 4 is 16.8 Å². The van der Waals surface area contributed by atoms with Crippen LogP contribution in [0.4, 0.5) is 4.39 Å². The van der Waals surface area contributed by atoms with Crippen LogP contribution >= 0.6 is 0 Å². The van der Waals surface area contributed by atoms with E-state index in [4.69, 9.17) is 0 Å². The van der Waals surface area contributed by atoms with Crippen LogP contribution in [0.5, 0.6) is 0 Å². The zero-order valence-electron chi connectivity index (χ0n) is 16.0. The molecule has 1 fully saturated rings. The van der Waals surface area contributed by atoms with Crippen LogP contribution in [-0.4, -0.2) is 33.4 Å². The molecule has 1 aromatic carbocycles. The summed E-state index contributed by atoms with van der Waals surface area (Å²) in [4.78, 5) is 19.5. The molecule has 0 unspecified atom stereocenters. The Morgan fingerprint density at radius 3 is 2.37 bits per heavy atom. The Hall–Kier alpha value is -2.69. The number of carbonyl (C=O) groups is 1. The maximum Gasteiger partial charge on any atom is 0.254 e. The lowest BCUT2D eigenvalue weighted by Gasteiger charge is -2.34. The molecule has 4 rings (SSSR count). The molecule has 140 valence electrons. The molecule has 1 amide bonds. The molecule has 0 bridgehead atoms. The average molecular weight is 365 g/mol. The van der Waals surface area contributed by atoms with Gasteiger partial charge in [-0.2, -0.15) is 0 Å². The van der Waals surface area contributed by atoms with Crippen LogP contribution in [0.25, 0.3) is 10.9 Å². The Balaban J connectivity index is 1.57. The fraction of sp³-hybridized carbons (Fsp3) is 0.364. The molecule has 1 saturated heterocycles. The van der Waals surface area contributed by atoms with Gasteiger partial charge in [-0.15, -0.1) is 0 Å². The molecule has 3 aromatic rings. The van der Waals surface area contributed by atoms with Gasteiger partial charge in [0, 0.05) is 47.7 Å². The summed E-state index contributed by atoms with van der Waals surface area (Å²) in [7, 11) is 0. The van der Waals surface area contributed by atoms with Gasteiger partial charge in [0.25, 0.3) is 5.91 Å². The topological polar surface area (TPSA) is 38.1 Å². The summed E-state index contributed by atoms with van der Waals surface area (Å²) >= 11 is 0. The zero-order chi connectivity index (χ0) is 19.1. The number of benzene rings is 1. The SMILES string of the molecule is Cc1cc(C(=O)N2CCC(n3c(C)ccc3C)CC2)c2ccc(F)cc2n1. The lowest BCUT2D eigenvalue weighted by atomic mass is 10.0. The second kappa shape index (κ2) is 6.80. The number of amides is 1. The second-order valence-corrected chi connectivity index (χ2v) is 7.48. The number of piperidine rings is 1. The van der Waals surface area contributed by atoms with Crippen molar-refractivity contribution in [1.82, 2.24) is 14.5 Å². The highest BCUT2D eigenvalue weighted by molar-refractivity contribution is 6.06. The Bertz CT molecular complexity index is 991. The Morgan fingerprint density at radius 2 is 1.70 bits per heavy atom. The lowest BCUT2D eigenvalue weighted by Crippen LogP contribution is -2.39. The first-order valence-electron chi connectivity index (χ1n) is 9.44. The smallest absolute Gasteiger partial charge is 0.254 e. The Morgan fingerprint density at radius 1 is 1.04 bits per heavy atom. The van der Waals surface area contributed by atoms with Crippen molar-refractivity contribution in [3.05, 3.63) is 64.9 Å². The van der Waals surface area contributed by atoms with Crippen LogP contribution < -0.4 is 0 Å². The van der Waals surface area contributed by atoms with Crippen molar-refractivity contribution in [2.45, 2.75) is 39.7 Å². The predicted molar refractivity (Wildman–Crippen MR) is 105 cm³/mol. The quantitative estimate of drug-likeness (QED) is 0.667. The van der Waals surface area contributed by atoms with E-state index in [1.807, 2.05) is 17.9 Å². The van der Waals surface area contributed by atoms with Crippen LogP contribution in [0.15, 0.2) is 36.4 Å². The average Bonchev–Trinajstić information content (AvgIpc) is 2.98. The molecule has 0 saturated carbocycles. The predicted octanol–water partition coefficient (Wildman–Crippen LogP) is 4.58. The van der Waals surface area contributed by atoms with E-state index in [0.717, 1.165) is 31.6 Å². The van der Waals surface area contributed by atoms with Gasteiger partial charge in [0.2, 0.25) is 0 Å². The van der Waals surface area contributed by atoms with E-state index < -0.39 is 0 Å². The van der Waals surface area contributed by atoms with Crippen molar-refractivity contribution in [1.29, 1.82) is 0 Å². The minimum Gasteiger partial charge on any atom is -0.346 e. The fourth-order valence-corrected chi connectivity index (χ4v) is 4.26.